The molecule has 172 valence electrons. The molecule has 3 aromatic carbocycles. The minimum absolute atomic E-state index is 0.0577. The van der Waals surface area contributed by atoms with Crippen molar-refractivity contribution in [2.75, 3.05) is 16.8 Å². The van der Waals surface area contributed by atoms with Crippen LogP contribution in [0.25, 0.3) is 0 Å². The number of carbonyl (C=O) groups excluding carboxylic acids is 3. The monoisotopic (exact) mass is 476 g/mol. The number of hydrogen-bond donors (Lipinski definition) is 1. The molecule has 1 aliphatic heterocycles. The van der Waals surface area contributed by atoms with Crippen molar-refractivity contribution in [1.82, 2.24) is 0 Å². The highest BCUT2D eigenvalue weighted by atomic mass is 32.2. The van der Waals surface area contributed by atoms with E-state index in [0.717, 1.165) is 21.6 Å². The number of halogens is 1. The normalized spacial score (nSPS) is 13.4. The van der Waals surface area contributed by atoms with E-state index >= 15 is 0 Å². The van der Waals surface area contributed by atoms with Gasteiger partial charge in [0.2, 0.25) is 0 Å². The Bertz CT molecular complexity index is 1280. The Morgan fingerprint density at radius 3 is 2.35 bits per heavy atom. The van der Waals surface area contributed by atoms with E-state index < -0.39 is 23.6 Å². The van der Waals surface area contributed by atoms with Gasteiger partial charge >= 0.3 is 5.97 Å². The first kappa shape index (κ1) is 23.3. The summed E-state index contributed by atoms with van der Waals surface area (Å²) in [4.78, 5) is 41.4. The SMILES string of the molecule is CCCOC(=O)c1ccccc1N1C(=O)C(Nc2ccccc2F)=C(Sc2ccccc2)C1=O. The molecule has 1 heterocycles. The molecule has 0 unspecified atom stereocenters. The molecule has 34 heavy (non-hydrogen) atoms. The third-order valence-electron chi connectivity index (χ3n) is 4.94. The average molecular weight is 477 g/mol. The number of imide groups is 1. The van der Waals surface area contributed by atoms with Crippen LogP contribution in [0.1, 0.15) is 23.7 Å². The van der Waals surface area contributed by atoms with E-state index in [1.54, 1.807) is 30.3 Å². The zero-order chi connectivity index (χ0) is 24.1. The van der Waals surface area contributed by atoms with Crippen molar-refractivity contribution in [3.05, 3.63) is 101 Å². The number of rotatable bonds is 8. The minimum Gasteiger partial charge on any atom is -0.462 e. The van der Waals surface area contributed by atoms with Crippen molar-refractivity contribution in [2.45, 2.75) is 18.2 Å². The molecule has 2 amide bonds. The first-order valence-electron chi connectivity index (χ1n) is 10.6. The molecule has 0 aromatic heterocycles. The number of hydrogen-bond acceptors (Lipinski definition) is 6. The van der Waals surface area contributed by atoms with Crippen LogP contribution in [-0.2, 0) is 14.3 Å². The molecular weight excluding hydrogens is 455 g/mol. The van der Waals surface area contributed by atoms with Gasteiger partial charge in [-0.2, -0.15) is 0 Å². The smallest absolute Gasteiger partial charge is 0.340 e. The van der Waals surface area contributed by atoms with Gasteiger partial charge < -0.3 is 10.1 Å². The topological polar surface area (TPSA) is 75.7 Å². The summed E-state index contributed by atoms with van der Waals surface area (Å²) in [5.74, 6) is -2.51. The van der Waals surface area contributed by atoms with E-state index in [9.17, 15) is 18.8 Å². The Kier molecular flexibility index (Phi) is 7.08. The van der Waals surface area contributed by atoms with Gasteiger partial charge in [0.05, 0.1) is 23.5 Å². The van der Waals surface area contributed by atoms with E-state index in [1.165, 1.54) is 30.3 Å². The summed E-state index contributed by atoms with van der Waals surface area (Å²) in [5.41, 5.74) is 0.187. The number of para-hydroxylation sites is 2. The van der Waals surface area contributed by atoms with Crippen molar-refractivity contribution in [1.29, 1.82) is 0 Å². The van der Waals surface area contributed by atoms with Gasteiger partial charge in [-0.25, -0.2) is 14.1 Å². The van der Waals surface area contributed by atoms with Crippen LogP contribution in [0, 0.1) is 5.82 Å². The zero-order valence-electron chi connectivity index (χ0n) is 18.3. The molecule has 0 saturated heterocycles. The van der Waals surface area contributed by atoms with E-state index in [1.807, 2.05) is 25.1 Å². The molecule has 0 spiro atoms. The van der Waals surface area contributed by atoms with E-state index in [0.29, 0.717) is 6.42 Å². The fourth-order valence-electron chi connectivity index (χ4n) is 3.35. The van der Waals surface area contributed by atoms with Crippen LogP contribution in [0.3, 0.4) is 0 Å². The summed E-state index contributed by atoms with van der Waals surface area (Å²) in [6.45, 7) is 2.08. The number of nitrogens with zero attached hydrogens (tertiary/aromatic N) is 1. The van der Waals surface area contributed by atoms with Crippen molar-refractivity contribution in [3.63, 3.8) is 0 Å². The van der Waals surface area contributed by atoms with Crippen molar-refractivity contribution < 1.29 is 23.5 Å². The second kappa shape index (κ2) is 10.4. The van der Waals surface area contributed by atoms with Gasteiger partial charge in [-0.05, 0) is 42.8 Å². The number of anilines is 2. The number of esters is 1. The van der Waals surface area contributed by atoms with Gasteiger partial charge in [0.15, 0.2) is 0 Å². The molecule has 0 atom stereocenters. The Morgan fingerprint density at radius 2 is 1.62 bits per heavy atom. The number of thioether (sulfide) groups is 1. The molecule has 0 saturated carbocycles. The summed E-state index contributed by atoms with van der Waals surface area (Å²) in [5, 5.41) is 2.80. The highest BCUT2D eigenvalue weighted by molar-refractivity contribution is 8.04. The summed E-state index contributed by atoms with van der Waals surface area (Å²) < 4.78 is 19.6. The highest BCUT2D eigenvalue weighted by Gasteiger charge is 2.42. The van der Waals surface area contributed by atoms with Crippen LogP contribution in [-0.4, -0.2) is 24.4 Å². The molecule has 8 heteroatoms. The van der Waals surface area contributed by atoms with E-state index in [4.69, 9.17) is 4.74 Å². The van der Waals surface area contributed by atoms with Crippen molar-refractivity contribution >= 4 is 40.9 Å². The largest absolute Gasteiger partial charge is 0.462 e. The Hall–Kier alpha value is -3.91. The van der Waals surface area contributed by atoms with Gasteiger partial charge in [0, 0.05) is 4.90 Å². The first-order valence-corrected chi connectivity index (χ1v) is 11.5. The zero-order valence-corrected chi connectivity index (χ0v) is 19.1. The lowest BCUT2D eigenvalue weighted by molar-refractivity contribution is -0.120. The highest BCUT2D eigenvalue weighted by Crippen LogP contribution is 2.39. The molecule has 1 N–H and O–H groups in total. The standard InChI is InChI=1S/C26H21FN2O4S/c1-2-16-33-26(32)18-12-6-9-15-21(18)29-24(30)22(28-20-14-8-7-13-19(20)27)23(25(29)31)34-17-10-4-3-5-11-17/h3-15,28H,2,16H2,1H3. The number of ether oxygens (including phenoxy) is 1. The van der Waals surface area contributed by atoms with Gasteiger partial charge in [-0.15, -0.1) is 0 Å². The Labute approximate surface area is 200 Å². The predicted octanol–water partition coefficient (Wildman–Crippen LogP) is 5.38. The van der Waals surface area contributed by atoms with Crippen LogP contribution < -0.4 is 10.2 Å². The Balaban J connectivity index is 1.76. The van der Waals surface area contributed by atoms with Gasteiger partial charge in [0.25, 0.3) is 11.8 Å². The lowest BCUT2D eigenvalue weighted by Gasteiger charge is -2.18. The lowest BCUT2D eigenvalue weighted by Crippen LogP contribution is -2.33. The molecule has 0 radical (unpaired) electrons. The third-order valence-corrected chi connectivity index (χ3v) is 6.03. The minimum atomic E-state index is -0.692. The first-order chi connectivity index (χ1) is 16.5. The molecule has 1 aliphatic rings. The van der Waals surface area contributed by atoms with Crippen LogP contribution in [0.4, 0.5) is 15.8 Å². The maximum absolute atomic E-state index is 14.4. The third kappa shape index (κ3) is 4.72. The van der Waals surface area contributed by atoms with Crippen LogP contribution in [0.5, 0.6) is 0 Å². The predicted molar refractivity (Wildman–Crippen MR) is 129 cm³/mol. The summed E-state index contributed by atoms with van der Waals surface area (Å²) in [6.07, 6.45) is 0.631. The quantitative estimate of drug-likeness (QED) is 0.347. The summed E-state index contributed by atoms with van der Waals surface area (Å²) in [7, 11) is 0. The molecule has 0 aliphatic carbocycles. The number of benzene rings is 3. The Morgan fingerprint density at radius 1 is 0.941 bits per heavy atom. The fraction of sp³-hybridized carbons (Fsp3) is 0.115. The number of nitrogens with one attached hydrogen (secondary N) is 1. The summed E-state index contributed by atoms with van der Waals surface area (Å²) in [6, 6.07) is 21.2. The molecule has 6 nitrogen and oxygen atoms in total. The van der Waals surface area contributed by atoms with Gasteiger partial charge in [-0.3, -0.25) is 9.59 Å². The second-order valence-corrected chi connectivity index (χ2v) is 8.41. The fourth-order valence-corrected chi connectivity index (χ4v) is 4.30. The van der Waals surface area contributed by atoms with E-state index in [-0.39, 0.29) is 34.1 Å². The van der Waals surface area contributed by atoms with Gasteiger partial charge in [0.1, 0.15) is 16.4 Å². The number of carbonyl (C=O) groups is 3. The van der Waals surface area contributed by atoms with E-state index in [2.05, 4.69) is 5.32 Å². The second-order valence-electron chi connectivity index (χ2n) is 7.32. The van der Waals surface area contributed by atoms with Crippen LogP contribution in [0.15, 0.2) is 94.4 Å². The average Bonchev–Trinajstić information content (AvgIpc) is 3.08. The van der Waals surface area contributed by atoms with Crippen molar-refractivity contribution in [3.8, 4) is 0 Å². The molecule has 0 bridgehead atoms. The number of amides is 2. The van der Waals surface area contributed by atoms with Crippen LogP contribution in [0.2, 0.25) is 0 Å². The molecule has 3 aromatic rings. The lowest BCUT2D eigenvalue weighted by atomic mass is 10.1. The molecular formula is C26H21FN2O4S. The van der Waals surface area contributed by atoms with Gasteiger partial charge in [-0.1, -0.05) is 61.2 Å². The molecule has 0 fully saturated rings. The van der Waals surface area contributed by atoms with Crippen LogP contribution >= 0.6 is 11.8 Å². The maximum atomic E-state index is 14.4. The maximum Gasteiger partial charge on any atom is 0.340 e. The van der Waals surface area contributed by atoms with Crippen molar-refractivity contribution in [2.24, 2.45) is 0 Å². The molecule has 4 rings (SSSR count). The summed E-state index contributed by atoms with van der Waals surface area (Å²) >= 11 is 1.09.